The minimum atomic E-state index is -0.530. The highest BCUT2D eigenvalue weighted by molar-refractivity contribution is 7.09. The van der Waals surface area contributed by atoms with Gasteiger partial charge >= 0.3 is 11.4 Å². The summed E-state index contributed by atoms with van der Waals surface area (Å²) in [5, 5.41) is 18.7. The molecular formula is C35H42N14O4S. The third-order valence-corrected chi connectivity index (χ3v) is 10.4. The normalized spacial score (nSPS) is 14.9. The molecule has 0 aliphatic carbocycles. The molecule has 0 bridgehead atoms. The molecule has 8 rings (SSSR count). The van der Waals surface area contributed by atoms with Crippen LogP contribution in [0.1, 0.15) is 22.7 Å². The van der Waals surface area contributed by atoms with Gasteiger partial charge in [0.05, 0.1) is 29.9 Å². The summed E-state index contributed by atoms with van der Waals surface area (Å²) in [6.07, 6.45) is 0.964. The number of thiazole rings is 1. The number of benzene rings is 1. The van der Waals surface area contributed by atoms with Crippen LogP contribution < -0.4 is 42.9 Å². The van der Waals surface area contributed by atoms with Crippen molar-refractivity contribution in [1.29, 1.82) is 5.26 Å². The summed E-state index contributed by atoms with van der Waals surface area (Å²) >= 11 is 1.57. The molecule has 1 aromatic carbocycles. The average molecular weight is 755 g/mol. The first-order chi connectivity index (χ1) is 26.2. The molecule has 19 heteroatoms. The molecule has 0 amide bonds. The highest BCUT2D eigenvalue weighted by Gasteiger charge is 2.25. The van der Waals surface area contributed by atoms with Crippen LogP contribution >= 0.6 is 11.3 Å². The number of imidazole rings is 2. The Morgan fingerprint density at radius 1 is 0.778 bits per heavy atom. The minimum Gasteiger partial charge on any atom is -0.341 e. The predicted octanol–water partition coefficient (Wildman–Crippen LogP) is -0.0856. The van der Waals surface area contributed by atoms with E-state index in [1.165, 1.54) is 9.13 Å². The van der Waals surface area contributed by atoms with E-state index in [1.807, 2.05) is 57.8 Å². The Bertz CT molecular complexity index is 2570. The van der Waals surface area contributed by atoms with E-state index in [-0.39, 0.29) is 6.54 Å². The highest BCUT2D eigenvalue weighted by Crippen LogP contribution is 2.24. The van der Waals surface area contributed by atoms with Gasteiger partial charge in [-0.3, -0.25) is 32.8 Å². The molecule has 5 aromatic heterocycles. The zero-order chi connectivity index (χ0) is 37.9. The SMILES string of the molecule is Cc1nc(Cn2c(N3CCNCC3)nc3c2c(=O)[nH]c(=O)n3C)cs1.Cn1c(=O)n(CC#N)c(=O)c2c1nc(N1CCCNCC1)n2Cc1ccccc1. The smallest absolute Gasteiger partial charge is 0.333 e. The van der Waals surface area contributed by atoms with Gasteiger partial charge in [0.25, 0.3) is 11.1 Å². The molecule has 2 saturated heterocycles. The monoisotopic (exact) mass is 754 g/mol. The van der Waals surface area contributed by atoms with Crippen LogP contribution in [0, 0.1) is 18.3 Å². The van der Waals surface area contributed by atoms with Gasteiger partial charge in [-0.2, -0.15) is 15.2 Å². The van der Waals surface area contributed by atoms with Gasteiger partial charge in [0.2, 0.25) is 11.9 Å². The van der Waals surface area contributed by atoms with Crippen molar-refractivity contribution in [2.75, 3.05) is 62.2 Å². The number of hydrogen-bond donors (Lipinski definition) is 3. The second-order valence-corrected chi connectivity index (χ2v) is 14.3. The molecule has 2 aliphatic rings. The number of fused-ring (bicyclic) bond motifs is 2. The second-order valence-electron chi connectivity index (χ2n) is 13.2. The summed E-state index contributed by atoms with van der Waals surface area (Å²) in [7, 11) is 3.21. The van der Waals surface area contributed by atoms with Crippen LogP contribution in [0.3, 0.4) is 0 Å². The number of nitrogens with zero attached hydrogens (tertiary/aromatic N) is 11. The molecule has 282 valence electrons. The number of aryl methyl sites for hydroxylation is 3. The first-order valence-corrected chi connectivity index (χ1v) is 18.7. The van der Waals surface area contributed by atoms with E-state index < -0.39 is 22.5 Å². The first kappa shape index (κ1) is 36.5. The molecule has 6 aromatic rings. The topological polar surface area (TPSA) is 202 Å². The van der Waals surface area contributed by atoms with E-state index in [0.29, 0.717) is 47.3 Å². The fraction of sp³-hybridized carbons (Fsp3) is 0.429. The molecule has 7 heterocycles. The van der Waals surface area contributed by atoms with Crippen LogP contribution in [-0.2, 0) is 33.7 Å². The third-order valence-electron chi connectivity index (χ3n) is 9.62. The van der Waals surface area contributed by atoms with Gasteiger partial charge in [0, 0.05) is 65.3 Å². The number of hydrogen-bond acceptors (Lipinski definition) is 13. The second kappa shape index (κ2) is 15.6. The zero-order valence-electron chi connectivity index (χ0n) is 30.4. The van der Waals surface area contributed by atoms with Crippen molar-refractivity contribution in [2.45, 2.75) is 33.0 Å². The number of H-pyrrole nitrogens is 1. The van der Waals surface area contributed by atoms with E-state index in [0.717, 1.165) is 79.6 Å². The summed E-state index contributed by atoms with van der Waals surface area (Å²) in [5.74, 6) is 1.38. The lowest BCUT2D eigenvalue weighted by Gasteiger charge is -2.28. The third kappa shape index (κ3) is 7.10. The molecule has 0 atom stereocenters. The van der Waals surface area contributed by atoms with Crippen molar-refractivity contribution in [3.05, 3.63) is 93.7 Å². The standard InChI is InChI=1S/C20H23N7O2.C15H19N7O2S/c1-24-17-16(18(28)26(12-8-21)20(24)29)27(14-15-6-3-2-4-7-15)19(23-17)25-11-5-9-22-10-13-25;1-9-17-10(8-25-9)7-22-11-12(20(2)15(24)19-13(11)23)18-14(22)21-5-3-16-4-6-21/h2-4,6-7,22H,5,9-14H2,1H3;8,16H,3-7H2,1-2H3,(H,19,23,24). The number of piperazine rings is 1. The Morgan fingerprint density at radius 2 is 1.41 bits per heavy atom. The van der Waals surface area contributed by atoms with Crippen LogP contribution in [-0.4, -0.2) is 95.1 Å². The molecule has 2 fully saturated rings. The van der Waals surface area contributed by atoms with Gasteiger partial charge < -0.3 is 20.4 Å². The van der Waals surface area contributed by atoms with Crippen molar-refractivity contribution < 1.29 is 0 Å². The molecule has 3 N–H and O–H groups in total. The summed E-state index contributed by atoms with van der Waals surface area (Å²) in [6.45, 7) is 9.20. The maximum atomic E-state index is 13.2. The number of nitrogens with one attached hydrogen (secondary N) is 3. The van der Waals surface area contributed by atoms with Crippen molar-refractivity contribution in [2.24, 2.45) is 14.1 Å². The molecule has 0 saturated carbocycles. The van der Waals surface area contributed by atoms with E-state index >= 15 is 0 Å². The predicted molar refractivity (Wildman–Crippen MR) is 207 cm³/mol. The zero-order valence-corrected chi connectivity index (χ0v) is 31.2. The van der Waals surface area contributed by atoms with E-state index in [2.05, 4.69) is 35.4 Å². The van der Waals surface area contributed by atoms with Crippen LogP contribution in [0.4, 0.5) is 11.9 Å². The Morgan fingerprint density at radius 3 is 2.06 bits per heavy atom. The van der Waals surface area contributed by atoms with Gasteiger partial charge in [-0.15, -0.1) is 11.3 Å². The minimum absolute atomic E-state index is 0.291. The van der Waals surface area contributed by atoms with Gasteiger partial charge in [0.1, 0.15) is 6.54 Å². The van der Waals surface area contributed by atoms with E-state index in [1.54, 1.807) is 25.4 Å². The van der Waals surface area contributed by atoms with Gasteiger partial charge in [-0.1, -0.05) is 30.3 Å². The van der Waals surface area contributed by atoms with Crippen LogP contribution in [0.2, 0.25) is 0 Å². The van der Waals surface area contributed by atoms with Gasteiger partial charge in [-0.05, 0) is 25.5 Å². The molecule has 18 nitrogen and oxygen atoms in total. The molecule has 0 unspecified atom stereocenters. The molecule has 54 heavy (non-hydrogen) atoms. The van der Waals surface area contributed by atoms with Gasteiger partial charge in [-0.25, -0.2) is 19.1 Å². The number of aromatic nitrogens is 9. The number of nitriles is 1. The fourth-order valence-electron chi connectivity index (χ4n) is 6.90. The maximum absolute atomic E-state index is 13.2. The van der Waals surface area contributed by atoms with Crippen molar-refractivity contribution in [3.63, 3.8) is 0 Å². The summed E-state index contributed by atoms with van der Waals surface area (Å²) in [4.78, 5) is 70.7. The molecular weight excluding hydrogens is 713 g/mol. The Hall–Kier alpha value is -5.84. The Balaban J connectivity index is 0.000000168. The highest BCUT2D eigenvalue weighted by atomic mass is 32.1. The fourth-order valence-corrected chi connectivity index (χ4v) is 7.50. The lowest BCUT2D eigenvalue weighted by Crippen LogP contribution is -2.44. The van der Waals surface area contributed by atoms with Crippen molar-refractivity contribution >= 4 is 45.6 Å². The molecule has 2 aliphatic heterocycles. The largest absolute Gasteiger partial charge is 0.341 e. The van der Waals surface area contributed by atoms with Crippen LogP contribution in [0.15, 0.2) is 54.9 Å². The maximum Gasteiger partial charge on any atom is 0.333 e. The van der Waals surface area contributed by atoms with Crippen molar-refractivity contribution in [3.8, 4) is 6.07 Å². The Kier molecular flexibility index (Phi) is 10.6. The number of aromatic amines is 1. The van der Waals surface area contributed by atoms with Crippen LogP contribution in [0.5, 0.6) is 0 Å². The lowest BCUT2D eigenvalue weighted by molar-refractivity contribution is 0.571. The molecule has 0 radical (unpaired) electrons. The first-order valence-electron chi connectivity index (χ1n) is 17.8. The summed E-state index contributed by atoms with van der Waals surface area (Å²) in [6, 6.07) is 11.7. The van der Waals surface area contributed by atoms with Crippen molar-refractivity contribution in [1.82, 2.24) is 53.4 Å². The number of rotatable bonds is 7. The quantitative estimate of drug-likeness (QED) is 0.196. The number of anilines is 2. The summed E-state index contributed by atoms with van der Waals surface area (Å²) < 4.78 is 7.46. The summed E-state index contributed by atoms with van der Waals surface area (Å²) in [5.41, 5.74) is 1.51. The van der Waals surface area contributed by atoms with E-state index in [4.69, 9.17) is 10.2 Å². The lowest BCUT2D eigenvalue weighted by atomic mass is 10.2. The molecule has 0 spiro atoms. The van der Waals surface area contributed by atoms with Gasteiger partial charge in [0.15, 0.2) is 22.3 Å². The Labute approximate surface area is 312 Å². The van der Waals surface area contributed by atoms with Crippen LogP contribution in [0.25, 0.3) is 22.3 Å². The average Bonchev–Trinajstić information content (AvgIpc) is 3.81. The van der Waals surface area contributed by atoms with E-state index in [9.17, 15) is 19.2 Å².